The molecule has 0 aromatic carbocycles. The Kier molecular flexibility index (Phi) is 2.92. The van der Waals surface area contributed by atoms with Crippen molar-refractivity contribution in [1.29, 1.82) is 0 Å². The van der Waals surface area contributed by atoms with E-state index in [1.165, 1.54) is 24.6 Å². The molecule has 0 saturated heterocycles. The Morgan fingerprint density at radius 2 is 1.67 bits per heavy atom. The van der Waals surface area contributed by atoms with Crippen LogP contribution in [0, 0.1) is 16.7 Å². The predicted molar refractivity (Wildman–Crippen MR) is 58.7 cm³/mol. The molecular weight excluding hydrogens is 212 g/mol. The standard InChI is InChI=1S/C11H21Br/c1-10(2,3)7-11(4,8-12)9-5-6-9/h9H,5-8H2,1-4H3. The molecule has 1 rings (SSSR count). The van der Waals surface area contributed by atoms with Crippen LogP contribution in [-0.2, 0) is 0 Å². The minimum Gasteiger partial charge on any atom is -0.0922 e. The van der Waals surface area contributed by atoms with Crippen LogP contribution in [0.3, 0.4) is 0 Å². The van der Waals surface area contributed by atoms with Crippen molar-refractivity contribution in [3.8, 4) is 0 Å². The summed E-state index contributed by atoms with van der Waals surface area (Å²) in [7, 11) is 0. The lowest BCUT2D eigenvalue weighted by atomic mass is 9.73. The first-order valence-electron chi connectivity index (χ1n) is 4.93. The van der Waals surface area contributed by atoms with Gasteiger partial charge in [-0.25, -0.2) is 0 Å². The second-order valence-electron chi connectivity index (χ2n) is 5.80. The first kappa shape index (κ1) is 10.6. The monoisotopic (exact) mass is 232 g/mol. The Morgan fingerprint density at radius 3 is 1.92 bits per heavy atom. The molecule has 0 nitrogen and oxygen atoms in total. The molecule has 0 amide bonds. The molecule has 0 heterocycles. The fourth-order valence-electron chi connectivity index (χ4n) is 2.29. The van der Waals surface area contributed by atoms with Gasteiger partial charge in [-0.3, -0.25) is 0 Å². The number of halogens is 1. The maximum Gasteiger partial charge on any atom is 0.00881 e. The van der Waals surface area contributed by atoms with Crippen LogP contribution >= 0.6 is 15.9 Å². The normalized spacial score (nSPS) is 23.8. The number of alkyl halides is 1. The molecule has 0 N–H and O–H groups in total. The Labute approximate surface area is 85.3 Å². The largest absolute Gasteiger partial charge is 0.0922 e. The molecule has 0 bridgehead atoms. The van der Waals surface area contributed by atoms with Crippen molar-refractivity contribution >= 4 is 15.9 Å². The molecule has 12 heavy (non-hydrogen) atoms. The summed E-state index contributed by atoms with van der Waals surface area (Å²) in [5.41, 5.74) is 1.03. The van der Waals surface area contributed by atoms with E-state index in [1.807, 2.05) is 0 Å². The molecule has 1 aliphatic carbocycles. The lowest BCUT2D eigenvalue weighted by Gasteiger charge is -2.34. The van der Waals surface area contributed by atoms with Crippen LogP contribution in [-0.4, -0.2) is 5.33 Å². The summed E-state index contributed by atoms with van der Waals surface area (Å²) < 4.78 is 0. The zero-order chi connectivity index (χ0) is 9.41. The second-order valence-corrected chi connectivity index (χ2v) is 6.36. The SMILES string of the molecule is CC(C)(C)CC(C)(CBr)C1CC1. The third-order valence-electron chi connectivity index (χ3n) is 2.80. The average molecular weight is 233 g/mol. The Hall–Kier alpha value is 0.480. The van der Waals surface area contributed by atoms with Gasteiger partial charge >= 0.3 is 0 Å². The molecule has 0 aliphatic heterocycles. The summed E-state index contributed by atoms with van der Waals surface area (Å²) >= 11 is 3.67. The van der Waals surface area contributed by atoms with Crippen molar-refractivity contribution < 1.29 is 0 Å². The molecule has 1 fully saturated rings. The van der Waals surface area contributed by atoms with Gasteiger partial charge in [-0.2, -0.15) is 0 Å². The van der Waals surface area contributed by atoms with Gasteiger partial charge in [0.1, 0.15) is 0 Å². The summed E-state index contributed by atoms with van der Waals surface area (Å²) in [4.78, 5) is 0. The van der Waals surface area contributed by atoms with Gasteiger partial charge in [0.05, 0.1) is 0 Å². The van der Waals surface area contributed by atoms with Crippen molar-refractivity contribution in [3.63, 3.8) is 0 Å². The maximum absolute atomic E-state index is 3.67. The first-order chi connectivity index (χ1) is 5.37. The quantitative estimate of drug-likeness (QED) is 0.640. The molecule has 0 aromatic rings. The van der Waals surface area contributed by atoms with Gasteiger partial charge in [0, 0.05) is 5.33 Å². The average Bonchev–Trinajstić information content (AvgIpc) is 2.64. The molecule has 1 atom stereocenters. The van der Waals surface area contributed by atoms with Gasteiger partial charge in [-0.05, 0) is 36.0 Å². The Bertz CT molecular complexity index is 153. The second kappa shape index (κ2) is 3.32. The van der Waals surface area contributed by atoms with Gasteiger partial charge < -0.3 is 0 Å². The van der Waals surface area contributed by atoms with Gasteiger partial charge in [0.15, 0.2) is 0 Å². The number of hydrogen-bond acceptors (Lipinski definition) is 0. The van der Waals surface area contributed by atoms with E-state index >= 15 is 0 Å². The summed E-state index contributed by atoms with van der Waals surface area (Å²) in [6.45, 7) is 9.47. The van der Waals surface area contributed by atoms with E-state index in [0.29, 0.717) is 10.8 Å². The molecule has 1 heteroatoms. The lowest BCUT2D eigenvalue weighted by molar-refractivity contribution is 0.190. The van der Waals surface area contributed by atoms with E-state index in [2.05, 4.69) is 43.6 Å². The van der Waals surface area contributed by atoms with E-state index in [0.717, 1.165) is 5.92 Å². The highest BCUT2D eigenvalue weighted by molar-refractivity contribution is 9.09. The number of hydrogen-bond donors (Lipinski definition) is 0. The van der Waals surface area contributed by atoms with Gasteiger partial charge in [-0.1, -0.05) is 43.6 Å². The van der Waals surface area contributed by atoms with Crippen molar-refractivity contribution in [3.05, 3.63) is 0 Å². The third kappa shape index (κ3) is 2.76. The topological polar surface area (TPSA) is 0 Å². The first-order valence-corrected chi connectivity index (χ1v) is 6.05. The molecule has 0 spiro atoms. The van der Waals surface area contributed by atoms with Crippen LogP contribution < -0.4 is 0 Å². The van der Waals surface area contributed by atoms with Crippen LogP contribution in [0.2, 0.25) is 0 Å². The van der Waals surface area contributed by atoms with Crippen LogP contribution in [0.1, 0.15) is 47.0 Å². The predicted octanol–water partition coefficient (Wildman–Crippen LogP) is 4.23. The lowest BCUT2D eigenvalue weighted by Crippen LogP contribution is -2.27. The summed E-state index contributed by atoms with van der Waals surface area (Å²) in [5.74, 6) is 0.996. The molecule has 72 valence electrons. The zero-order valence-electron chi connectivity index (χ0n) is 8.78. The summed E-state index contributed by atoms with van der Waals surface area (Å²) in [5, 5.41) is 1.17. The van der Waals surface area contributed by atoms with E-state index in [9.17, 15) is 0 Å². The Balaban J connectivity index is 2.54. The van der Waals surface area contributed by atoms with E-state index in [-0.39, 0.29) is 0 Å². The molecule has 1 aliphatic rings. The third-order valence-corrected chi connectivity index (χ3v) is 4.08. The maximum atomic E-state index is 3.67. The van der Waals surface area contributed by atoms with Gasteiger partial charge in [-0.15, -0.1) is 0 Å². The van der Waals surface area contributed by atoms with E-state index < -0.39 is 0 Å². The summed E-state index contributed by atoms with van der Waals surface area (Å²) in [6.07, 6.45) is 4.26. The smallest absolute Gasteiger partial charge is 0.00881 e. The molecule has 0 radical (unpaired) electrons. The van der Waals surface area contributed by atoms with Crippen LogP contribution in [0.4, 0.5) is 0 Å². The molecule has 0 aromatic heterocycles. The van der Waals surface area contributed by atoms with Gasteiger partial charge in [0.25, 0.3) is 0 Å². The fraction of sp³-hybridized carbons (Fsp3) is 1.00. The zero-order valence-corrected chi connectivity index (χ0v) is 10.4. The number of rotatable bonds is 3. The van der Waals surface area contributed by atoms with Crippen molar-refractivity contribution in [2.75, 3.05) is 5.33 Å². The van der Waals surface area contributed by atoms with Crippen molar-refractivity contribution in [1.82, 2.24) is 0 Å². The van der Waals surface area contributed by atoms with E-state index in [4.69, 9.17) is 0 Å². The minimum absolute atomic E-state index is 0.477. The highest BCUT2D eigenvalue weighted by Gasteiger charge is 2.42. The van der Waals surface area contributed by atoms with Crippen LogP contribution in [0.25, 0.3) is 0 Å². The van der Waals surface area contributed by atoms with Crippen molar-refractivity contribution in [2.24, 2.45) is 16.7 Å². The molecule has 1 saturated carbocycles. The van der Waals surface area contributed by atoms with Gasteiger partial charge in [0.2, 0.25) is 0 Å². The molecular formula is C11H21Br. The highest BCUT2D eigenvalue weighted by Crippen LogP contribution is 2.51. The highest BCUT2D eigenvalue weighted by atomic mass is 79.9. The van der Waals surface area contributed by atoms with Crippen molar-refractivity contribution in [2.45, 2.75) is 47.0 Å². The van der Waals surface area contributed by atoms with E-state index in [1.54, 1.807) is 0 Å². The summed E-state index contributed by atoms with van der Waals surface area (Å²) in [6, 6.07) is 0. The Morgan fingerprint density at radius 1 is 1.17 bits per heavy atom. The van der Waals surface area contributed by atoms with Crippen LogP contribution in [0.15, 0.2) is 0 Å². The minimum atomic E-state index is 0.477. The van der Waals surface area contributed by atoms with Crippen LogP contribution in [0.5, 0.6) is 0 Å². The molecule has 1 unspecified atom stereocenters. The fourth-order valence-corrected chi connectivity index (χ4v) is 2.95.